The molecule has 0 unspecified atom stereocenters. The number of hydrogen-bond donors (Lipinski definition) is 2. The second kappa shape index (κ2) is 4.87. The van der Waals surface area contributed by atoms with E-state index in [-0.39, 0.29) is 6.61 Å². The minimum Gasteiger partial charge on any atom is -0.395 e. The summed E-state index contributed by atoms with van der Waals surface area (Å²) in [5.41, 5.74) is 7.85. The van der Waals surface area contributed by atoms with E-state index >= 15 is 0 Å². The van der Waals surface area contributed by atoms with Crippen LogP contribution in [0.15, 0.2) is 24.4 Å². The lowest BCUT2D eigenvalue weighted by molar-refractivity contribution is 0.278. The third-order valence-electron chi connectivity index (χ3n) is 2.68. The highest BCUT2D eigenvalue weighted by Gasteiger charge is 2.07. The Morgan fingerprint density at radius 1 is 1.38 bits per heavy atom. The Hall–Kier alpha value is -1.03. The molecule has 2 aromatic rings. The van der Waals surface area contributed by atoms with Crippen molar-refractivity contribution in [3.8, 4) is 0 Å². The number of nitrogens with two attached hydrogens (primary N) is 1. The lowest BCUT2D eigenvalue weighted by atomic mass is 10.1. The van der Waals surface area contributed by atoms with Crippen molar-refractivity contribution in [3.63, 3.8) is 0 Å². The molecule has 3 nitrogen and oxygen atoms in total. The van der Waals surface area contributed by atoms with Gasteiger partial charge in [-0.25, -0.2) is 0 Å². The van der Waals surface area contributed by atoms with Crippen LogP contribution in [0.3, 0.4) is 0 Å². The standard InChI is InChI=1S/C12H15ClN2O/c13-10-1-2-11-9(3-4-14)8-15(5-6-16)12(11)7-10/h1-2,7-8,16H,3-6,14H2. The van der Waals surface area contributed by atoms with Crippen LogP contribution in [0.2, 0.25) is 5.02 Å². The molecule has 0 aliphatic heterocycles. The van der Waals surface area contributed by atoms with Gasteiger partial charge in [-0.2, -0.15) is 0 Å². The van der Waals surface area contributed by atoms with Gasteiger partial charge in [-0.3, -0.25) is 0 Å². The summed E-state index contributed by atoms with van der Waals surface area (Å²) in [5.74, 6) is 0. The van der Waals surface area contributed by atoms with E-state index in [2.05, 4.69) is 0 Å². The molecule has 86 valence electrons. The van der Waals surface area contributed by atoms with E-state index in [4.69, 9.17) is 22.4 Å². The molecule has 0 aliphatic carbocycles. The lowest BCUT2D eigenvalue weighted by Crippen LogP contribution is -2.02. The molecule has 1 heterocycles. The highest BCUT2D eigenvalue weighted by molar-refractivity contribution is 6.31. The second-order valence-corrected chi connectivity index (χ2v) is 4.21. The van der Waals surface area contributed by atoms with Crippen LogP contribution in [0.1, 0.15) is 5.56 Å². The summed E-state index contributed by atoms with van der Waals surface area (Å²) in [6.45, 7) is 1.33. The number of fused-ring (bicyclic) bond motifs is 1. The quantitative estimate of drug-likeness (QED) is 0.853. The molecule has 0 saturated heterocycles. The average Bonchev–Trinajstić information content (AvgIpc) is 2.58. The van der Waals surface area contributed by atoms with Crippen LogP contribution in [0.25, 0.3) is 10.9 Å². The van der Waals surface area contributed by atoms with Gasteiger partial charge in [0.25, 0.3) is 0 Å². The predicted molar refractivity (Wildman–Crippen MR) is 66.8 cm³/mol. The molecule has 4 heteroatoms. The maximum Gasteiger partial charge on any atom is 0.0610 e. The van der Waals surface area contributed by atoms with Gasteiger partial charge >= 0.3 is 0 Å². The molecule has 0 atom stereocenters. The van der Waals surface area contributed by atoms with Gasteiger partial charge in [-0.05, 0) is 30.7 Å². The first-order chi connectivity index (χ1) is 7.76. The Kier molecular flexibility index (Phi) is 3.49. The minimum absolute atomic E-state index is 0.123. The number of benzene rings is 1. The van der Waals surface area contributed by atoms with Crippen molar-refractivity contribution in [1.29, 1.82) is 0 Å². The second-order valence-electron chi connectivity index (χ2n) is 3.77. The highest BCUT2D eigenvalue weighted by atomic mass is 35.5. The molecule has 3 N–H and O–H groups in total. The number of halogens is 1. The zero-order valence-electron chi connectivity index (χ0n) is 8.99. The van der Waals surface area contributed by atoms with Gasteiger partial charge in [-0.15, -0.1) is 0 Å². The van der Waals surface area contributed by atoms with Gasteiger partial charge < -0.3 is 15.4 Å². The molecule has 0 fully saturated rings. The monoisotopic (exact) mass is 238 g/mol. The minimum atomic E-state index is 0.123. The molecule has 0 bridgehead atoms. The van der Waals surface area contributed by atoms with E-state index in [1.54, 1.807) is 0 Å². The van der Waals surface area contributed by atoms with Crippen LogP contribution >= 0.6 is 11.6 Å². The van der Waals surface area contributed by atoms with E-state index < -0.39 is 0 Å². The first-order valence-corrected chi connectivity index (χ1v) is 5.72. The summed E-state index contributed by atoms with van der Waals surface area (Å²) >= 11 is 5.98. The summed E-state index contributed by atoms with van der Waals surface area (Å²) < 4.78 is 2.02. The highest BCUT2D eigenvalue weighted by Crippen LogP contribution is 2.25. The first kappa shape index (κ1) is 11.5. The molecule has 1 aromatic carbocycles. The molecule has 0 radical (unpaired) electrons. The number of hydrogen-bond acceptors (Lipinski definition) is 2. The fourth-order valence-corrected chi connectivity index (χ4v) is 2.15. The Balaban J connectivity index is 2.56. The van der Waals surface area contributed by atoms with Gasteiger partial charge in [0.2, 0.25) is 0 Å². The SMILES string of the molecule is NCCc1cn(CCO)c2cc(Cl)ccc12. The van der Waals surface area contributed by atoms with E-state index in [9.17, 15) is 0 Å². The average molecular weight is 239 g/mol. The van der Waals surface area contributed by atoms with Crippen LogP contribution in [0.4, 0.5) is 0 Å². The van der Waals surface area contributed by atoms with Crippen LogP contribution in [0.5, 0.6) is 0 Å². The largest absolute Gasteiger partial charge is 0.395 e. The van der Waals surface area contributed by atoms with E-state index in [1.165, 1.54) is 10.9 Å². The number of aliphatic hydroxyl groups excluding tert-OH is 1. The Morgan fingerprint density at radius 3 is 2.88 bits per heavy atom. The summed E-state index contributed by atoms with van der Waals surface area (Å²) in [4.78, 5) is 0. The smallest absolute Gasteiger partial charge is 0.0610 e. The number of aromatic nitrogens is 1. The van der Waals surface area contributed by atoms with E-state index in [1.807, 2.05) is 29.0 Å². The number of aliphatic hydroxyl groups is 1. The summed E-state index contributed by atoms with van der Waals surface area (Å²) in [6.07, 6.45) is 2.89. The van der Waals surface area contributed by atoms with Crippen LogP contribution < -0.4 is 5.73 Å². The van der Waals surface area contributed by atoms with Crippen LogP contribution in [0, 0.1) is 0 Å². The van der Waals surface area contributed by atoms with Crippen molar-refractivity contribution < 1.29 is 5.11 Å². The van der Waals surface area contributed by atoms with Gasteiger partial charge in [0.1, 0.15) is 0 Å². The summed E-state index contributed by atoms with van der Waals surface area (Å²) in [6, 6.07) is 5.82. The van der Waals surface area contributed by atoms with Crippen molar-refractivity contribution >= 4 is 22.5 Å². The zero-order valence-corrected chi connectivity index (χ0v) is 9.74. The van der Waals surface area contributed by atoms with Crippen LogP contribution in [-0.2, 0) is 13.0 Å². The Bertz CT molecular complexity index is 493. The maximum atomic E-state index is 9.01. The van der Waals surface area contributed by atoms with Crippen molar-refractivity contribution in [1.82, 2.24) is 4.57 Å². The molecule has 0 amide bonds. The zero-order chi connectivity index (χ0) is 11.5. The molecular formula is C12H15ClN2O. The van der Waals surface area contributed by atoms with Gasteiger partial charge in [-0.1, -0.05) is 17.7 Å². The molecule has 1 aromatic heterocycles. The van der Waals surface area contributed by atoms with Crippen molar-refractivity contribution in [2.75, 3.05) is 13.2 Å². The maximum absolute atomic E-state index is 9.01. The van der Waals surface area contributed by atoms with Gasteiger partial charge in [0, 0.05) is 28.7 Å². The Morgan fingerprint density at radius 2 is 2.19 bits per heavy atom. The molecular weight excluding hydrogens is 224 g/mol. The molecule has 2 rings (SSSR count). The molecule has 0 spiro atoms. The van der Waals surface area contributed by atoms with Gasteiger partial charge in [0.05, 0.1) is 6.61 Å². The normalized spacial score (nSPS) is 11.2. The molecule has 0 saturated carbocycles. The lowest BCUT2D eigenvalue weighted by Gasteiger charge is -2.01. The Labute approximate surface area is 99.4 Å². The van der Waals surface area contributed by atoms with E-state index in [0.717, 1.165) is 11.9 Å². The third kappa shape index (κ3) is 2.07. The predicted octanol–water partition coefficient (Wildman–Crippen LogP) is 1.79. The van der Waals surface area contributed by atoms with Crippen LogP contribution in [-0.4, -0.2) is 22.8 Å². The first-order valence-electron chi connectivity index (χ1n) is 5.34. The third-order valence-corrected chi connectivity index (χ3v) is 2.92. The molecule has 0 aliphatic rings. The molecule has 16 heavy (non-hydrogen) atoms. The van der Waals surface area contributed by atoms with Crippen molar-refractivity contribution in [2.45, 2.75) is 13.0 Å². The fraction of sp³-hybridized carbons (Fsp3) is 0.333. The number of nitrogens with zero attached hydrogens (tertiary/aromatic N) is 1. The fourth-order valence-electron chi connectivity index (χ4n) is 1.99. The topological polar surface area (TPSA) is 51.2 Å². The van der Waals surface area contributed by atoms with E-state index in [0.29, 0.717) is 18.1 Å². The van der Waals surface area contributed by atoms with Gasteiger partial charge in [0.15, 0.2) is 0 Å². The summed E-state index contributed by atoms with van der Waals surface area (Å²) in [7, 11) is 0. The van der Waals surface area contributed by atoms with Crippen molar-refractivity contribution in [2.24, 2.45) is 5.73 Å². The number of rotatable bonds is 4. The summed E-state index contributed by atoms with van der Waals surface area (Å²) in [5, 5.41) is 10.9. The van der Waals surface area contributed by atoms with Crippen molar-refractivity contribution in [3.05, 3.63) is 35.0 Å².